The van der Waals surface area contributed by atoms with Crippen LogP contribution in [0.4, 0.5) is 0 Å². The van der Waals surface area contributed by atoms with Crippen LogP contribution in [0, 0.1) is 11.8 Å². The van der Waals surface area contributed by atoms with Crippen LogP contribution in [0.1, 0.15) is 53.9 Å². The van der Waals surface area contributed by atoms with Gasteiger partial charge in [0.2, 0.25) is 0 Å². The zero-order valence-electron chi connectivity index (χ0n) is 17.2. The Labute approximate surface area is 166 Å². The second-order valence-electron chi connectivity index (χ2n) is 7.88. The Morgan fingerprint density at radius 1 is 1.29 bits per heavy atom. The Kier molecular flexibility index (Phi) is 9.07. The summed E-state index contributed by atoms with van der Waals surface area (Å²) in [7, 11) is 0. The number of hydrogen-bond acceptors (Lipinski definition) is 8. The van der Waals surface area contributed by atoms with Crippen molar-refractivity contribution in [1.82, 2.24) is 0 Å². The van der Waals surface area contributed by atoms with Crippen LogP contribution in [-0.2, 0) is 19.1 Å². The van der Waals surface area contributed by atoms with E-state index in [0.717, 1.165) is 18.9 Å². The van der Waals surface area contributed by atoms with Gasteiger partial charge in [-0.3, -0.25) is 4.79 Å². The van der Waals surface area contributed by atoms with E-state index >= 15 is 0 Å². The number of aliphatic hydroxyl groups excluding tert-OH is 3. The maximum Gasteiger partial charge on any atom is 0.330 e. The van der Waals surface area contributed by atoms with Gasteiger partial charge in [-0.25, -0.2) is 4.79 Å². The summed E-state index contributed by atoms with van der Waals surface area (Å²) in [5, 5.41) is 41.3. The highest BCUT2D eigenvalue weighted by molar-refractivity contribution is 5.82. The molecule has 8 heteroatoms. The van der Waals surface area contributed by atoms with E-state index in [0.29, 0.717) is 6.42 Å². The molecule has 8 nitrogen and oxygen atoms in total. The molecule has 0 aromatic rings. The lowest BCUT2D eigenvalue weighted by Crippen LogP contribution is -2.57. The summed E-state index contributed by atoms with van der Waals surface area (Å²) in [4.78, 5) is 24.4. The largest absolute Gasteiger partial charge is 0.458 e. The summed E-state index contributed by atoms with van der Waals surface area (Å²) in [5.74, 6) is -3.47. The third kappa shape index (κ3) is 6.01. The highest BCUT2D eigenvalue weighted by Gasteiger charge is 2.50. The third-order valence-electron chi connectivity index (χ3n) is 5.38. The van der Waals surface area contributed by atoms with E-state index in [1.54, 1.807) is 0 Å². The van der Waals surface area contributed by atoms with Gasteiger partial charge in [-0.15, -0.1) is 0 Å². The van der Waals surface area contributed by atoms with Gasteiger partial charge in [-0.1, -0.05) is 26.7 Å². The molecule has 1 aliphatic rings. The summed E-state index contributed by atoms with van der Waals surface area (Å²) in [6.07, 6.45) is -1.13. The quantitative estimate of drug-likeness (QED) is 0.377. The second kappa shape index (κ2) is 10.3. The van der Waals surface area contributed by atoms with Gasteiger partial charge in [-0.05, 0) is 33.3 Å². The van der Waals surface area contributed by atoms with Gasteiger partial charge in [0, 0.05) is 12.0 Å². The fourth-order valence-electron chi connectivity index (χ4n) is 3.38. The molecule has 0 aliphatic carbocycles. The van der Waals surface area contributed by atoms with E-state index in [1.165, 1.54) is 33.8 Å². The summed E-state index contributed by atoms with van der Waals surface area (Å²) in [6, 6.07) is 0. The first kappa shape index (κ1) is 24.6. The van der Waals surface area contributed by atoms with Gasteiger partial charge in [0.15, 0.2) is 0 Å². The number of unbranched alkanes of at least 4 members (excludes halogenated alkanes) is 1. The first-order valence-electron chi connectivity index (χ1n) is 9.79. The molecule has 1 saturated heterocycles. The molecule has 162 valence electrons. The van der Waals surface area contributed by atoms with Crippen molar-refractivity contribution in [3.63, 3.8) is 0 Å². The number of rotatable bonds is 6. The first-order valence-corrected chi connectivity index (χ1v) is 9.79. The van der Waals surface area contributed by atoms with Gasteiger partial charge in [0.1, 0.15) is 17.8 Å². The van der Waals surface area contributed by atoms with Crippen LogP contribution in [0.25, 0.3) is 0 Å². The molecule has 1 fully saturated rings. The number of cyclic esters (lactones) is 1. The van der Waals surface area contributed by atoms with Crippen LogP contribution in [0.3, 0.4) is 0 Å². The fraction of sp³-hybridized carbons (Fsp3) is 0.800. The molecule has 1 heterocycles. The van der Waals surface area contributed by atoms with Crippen LogP contribution >= 0.6 is 0 Å². The number of aliphatic hydroxyl groups is 4. The third-order valence-corrected chi connectivity index (χ3v) is 5.38. The Hall–Kier alpha value is -1.48. The predicted octanol–water partition coefficient (Wildman–Crippen LogP) is 0.696. The molecule has 0 amide bonds. The Balaban J connectivity index is 3.00. The number of hydrogen-bond donors (Lipinski definition) is 4. The van der Waals surface area contributed by atoms with E-state index in [1.807, 2.05) is 6.92 Å². The summed E-state index contributed by atoms with van der Waals surface area (Å²) >= 11 is 0. The number of carbonyl (C=O) groups is 2. The van der Waals surface area contributed by atoms with Crippen molar-refractivity contribution in [2.24, 2.45) is 11.8 Å². The molecule has 0 radical (unpaired) electrons. The molecule has 1 aliphatic heterocycles. The maximum atomic E-state index is 12.2. The monoisotopic (exact) mass is 402 g/mol. The van der Waals surface area contributed by atoms with E-state index < -0.39 is 59.9 Å². The lowest BCUT2D eigenvalue weighted by atomic mass is 9.78. The zero-order chi connectivity index (χ0) is 21.6. The van der Waals surface area contributed by atoms with Crippen molar-refractivity contribution in [3.05, 3.63) is 12.2 Å². The molecule has 4 N–H and O–H groups in total. The van der Waals surface area contributed by atoms with Crippen molar-refractivity contribution >= 4 is 11.9 Å². The molecular weight excluding hydrogens is 368 g/mol. The fourth-order valence-corrected chi connectivity index (χ4v) is 3.38. The van der Waals surface area contributed by atoms with E-state index in [-0.39, 0.29) is 0 Å². The van der Waals surface area contributed by atoms with Crippen LogP contribution in [-0.4, -0.2) is 68.5 Å². The van der Waals surface area contributed by atoms with Gasteiger partial charge in [0.05, 0.1) is 24.2 Å². The van der Waals surface area contributed by atoms with E-state index in [9.17, 15) is 30.0 Å². The van der Waals surface area contributed by atoms with Crippen molar-refractivity contribution in [1.29, 1.82) is 0 Å². The molecule has 1 rings (SSSR count). The van der Waals surface area contributed by atoms with Gasteiger partial charge < -0.3 is 29.9 Å². The molecule has 0 saturated carbocycles. The van der Waals surface area contributed by atoms with Crippen LogP contribution in [0.15, 0.2) is 12.2 Å². The lowest BCUT2D eigenvalue weighted by Gasteiger charge is -2.39. The molecule has 0 unspecified atom stereocenters. The highest BCUT2D eigenvalue weighted by Crippen LogP contribution is 2.32. The van der Waals surface area contributed by atoms with Crippen LogP contribution < -0.4 is 0 Å². The first-order chi connectivity index (χ1) is 12.9. The van der Waals surface area contributed by atoms with E-state index in [2.05, 4.69) is 0 Å². The maximum absolute atomic E-state index is 12.2. The minimum absolute atomic E-state index is 0.519. The lowest BCUT2D eigenvalue weighted by molar-refractivity contribution is -0.180. The average Bonchev–Trinajstić information content (AvgIpc) is 2.66. The molecule has 0 spiro atoms. The van der Waals surface area contributed by atoms with Crippen LogP contribution in [0.2, 0.25) is 0 Å². The molecule has 8 atom stereocenters. The summed E-state index contributed by atoms with van der Waals surface area (Å²) in [5.41, 5.74) is -2.02. The average molecular weight is 402 g/mol. The van der Waals surface area contributed by atoms with Gasteiger partial charge in [0.25, 0.3) is 0 Å². The minimum Gasteiger partial charge on any atom is -0.458 e. The minimum atomic E-state index is -2.02. The number of carbonyl (C=O) groups excluding carboxylic acids is 2. The smallest absolute Gasteiger partial charge is 0.330 e. The molecule has 0 aromatic carbocycles. The van der Waals surface area contributed by atoms with Crippen molar-refractivity contribution < 1.29 is 39.5 Å². The summed E-state index contributed by atoms with van der Waals surface area (Å²) in [6.45, 7) is 7.64. The number of ether oxygens (including phenoxy) is 2. The predicted molar refractivity (Wildman–Crippen MR) is 101 cm³/mol. The standard InChI is InChI=1S/C20H34O8/c1-6-7-8-14(21)9-10-15(22)28-16-11(2)17(23)20(5,26)18(24)12(3)19(25)27-13(16)4/h9-14,16-18,21,23-24,26H,6-8H2,1-5H3/b10-9+/t11-,12+,13+,14-,16-,17+,18-,20-/m1/s1. The van der Waals surface area contributed by atoms with E-state index in [4.69, 9.17) is 9.47 Å². The Bertz CT molecular complexity index is 558. The topological polar surface area (TPSA) is 134 Å². The highest BCUT2D eigenvalue weighted by atomic mass is 16.6. The molecular formula is C20H34O8. The molecule has 0 bridgehead atoms. The summed E-state index contributed by atoms with van der Waals surface area (Å²) < 4.78 is 10.7. The molecule has 0 aromatic heterocycles. The van der Waals surface area contributed by atoms with Crippen molar-refractivity contribution in [2.75, 3.05) is 0 Å². The Morgan fingerprint density at radius 3 is 2.46 bits per heavy atom. The second-order valence-corrected chi connectivity index (χ2v) is 7.88. The normalized spacial score (nSPS) is 38.2. The molecule has 28 heavy (non-hydrogen) atoms. The zero-order valence-corrected chi connectivity index (χ0v) is 17.2. The van der Waals surface area contributed by atoms with Gasteiger partial charge in [-0.2, -0.15) is 0 Å². The van der Waals surface area contributed by atoms with Crippen LogP contribution in [0.5, 0.6) is 0 Å². The SMILES string of the molecule is CCCC[C@@H](O)/C=C/C(=O)O[C@@H]1[C@@H](C)[C@H](O)[C@@](C)(O)[C@H](O)[C@H](C)C(=O)O[C@H]1C. The van der Waals surface area contributed by atoms with Gasteiger partial charge >= 0.3 is 11.9 Å². The van der Waals surface area contributed by atoms with Crippen molar-refractivity contribution in [2.45, 2.75) is 90.0 Å². The number of esters is 2. The van der Waals surface area contributed by atoms with Crippen molar-refractivity contribution in [3.8, 4) is 0 Å². The Morgan fingerprint density at radius 2 is 1.89 bits per heavy atom.